The number of para-hydroxylation sites is 1. The van der Waals surface area contributed by atoms with E-state index in [0.717, 1.165) is 10.0 Å². The molecule has 0 fully saturated rings. The van der Waals surface area contributed by atoms with E-state index < -0.39 is 21.9 Å². The van der Waals surface area contributed by atoms with E-state index in [-0.39, 0.29) is 12.3 Å². The van der Waals surface area contributed by atoms with Gasteiger partial charge in [-0.3, -0.25) is 9.10 Å². The number of rotatable bonds is 8. The highest BCUT2D eigenvalue weighted by atomic mass is 79.9. The number of aliphatic hydroxyl groups excluding tert-OH is 1. The maximum Gasteiger partial charge on any atom is 0.240 e. The van der Waals surface area contributed by atoms with E-state index in [1.165, 1.54) is 11.2 Å². The number of anilines is 1. The number of hydrogen-bond acceptors (Lipinski definition) is 4. The van der Waals surface area contributed by atoms with Gasteiger partial charge in [-0.05, 0) is 61.9 Å². The maximum atomic E-state index is 13.0. The molecule has 1 aromatic heterocycles. The molecule has 158 valence electrons. The molecule has 2 N–H and O–H groups in total. The number of sulfonamides is 1. The number of aliphatic hydroxyl groups is 1. The summed E-state index contributed by atoms with van der Waals surface area (Å²) in [6.07, 6.45) is 0. The van der Waals surface area contributed by atoms with Gasteiger partial charge in [-0.2, -0.15) is 0 Å². The second-order valence-corrected chi connectivity index (χ2v) is 10.3. The quantitative estimate of drug-likeness (QED) is 0.466. The Kier molecular flexibility index (Phi) is 6.80. The van der Waals surface area contributed by atoms with E-state index in [4.69, 9.17) is 0 Å². The molecule has 0 aliphatic carbocycles. The highest BCUT2D eigenvalue weighted by Crippen LogP contribution is 2.24. The van der Waals surface area contributed by atoms with Crippen LogP contribution in [0.25, 0.3) is 0 Å². The zero-order valence-electron chi connectivity index (χ0n) is 16.7. The fourth-order valence-electron chi connectivity index (χ4n) is 3.08. The third-order valence-electron chi connectivity index (χ3n) is 4.86. The highest BCUT2D eigenvalue weighted by molar-refractivity contribution is 9.10. The fourth-order valence-corrected chi connectivity index (χ4v) is 4.91. The molecule has 0 spiro atoms. The molecule has 0 aliphatic rings. The summed E-state index contributed by atoms with van der Waals surface area (Å²) < 4.78 is 28.1. The number of aromatic nitrogens is 1. The minimum Gasteiger partial charge on any atom is -0.395 e. The summed E-state index contributed by atoms with van der Waals surface area (Å²) in [7, 11) is -3.80. The van der Waals surface area contributed by atoms with E-state index in [1.54, 1.807) is 48.5 Å². The summed E-state index contributed by atoms with van der Waals surface area (Å²) in [4.78, 5) is 15.9. The van der Waals surface area contributed by atoms with Gasteiger partial charge in [0.1, 0.15) is 5.25 Å². The molecule has 3 aromatic rings. The Bertz CT molecular complexity index is 1140. The van der Waals surface area contributed by atoms with Crippen LogP contribution in [0.1, 0.15) is 34.2 Å². The van der Waals surface area contributed by atoms with Gasteiger partial charge in [0.25, 0.3) is 0 Å². The molecule has 8 heteroatoms. The minimum atomic E-state index is -3.80. The fraction of sp³-hybridized carbons (Fsp3) is 0.227. The van der Waals surface area contributed by atoms with Crippen molar-refractivity contribution in [3.8, 4) is 0 Å². The number of nitrogens with zero attached hydrogens (tertiary/aromatic N) is 1. The third kappa shape index (κ3) is 4.66. The molecular weight excluding hydrogens is 468 g/mol. The zero-order chi connectivity index (χ0) is 21.9. The number of carbonyl (C=O) groups excluding carboxylic acids is 1. The summed E-state index contributed by atoms with van der Waals surface area (Å²) in [6, 6.07) is 17.5. The van der Waals surface area contributed by atoms with Crippen molar-refractivity contribution in [3.05, 3.63) is 87.7 Å². The van der Waals surface area contributed by atoms with Crippen molar-refractivity contribution in [1.29, 1.82) is 0 Å². The van der Waals surface area contributed by atoms with Gasteiger partial charge in [-0.1, -0.05) is 34.1 Å². The topological polar surface area (TPSA) is 90.5 Å². The van der Waals surface area contributed by atoms with E-state index in [2.05, 4.69) is 20.9 Å². The number of aromatic amines is 1. The Morgan fingerprint density at radius 3 is 2.47 bits per heavy atom. The molecule has 0 aliphatic heterocycles. The number of H-pyrrole nitrogens is 1. The molecule has 1 heterocycles. The van der Waals surface area contributed by atoms with Crippen molar-refractivity contribution < 1.29 is 18.3 Å². The first-order chi connectivity index (χ1) is 14.2. The van der Waals surface area contributed by atoms with Crippen molar-refractivity contribution in [2.24, 2.45) is 0 Å². The van der Waals surface area contributed by atoms with E-state index in [1.807, 2.05) is 19.1 Å². The van der Waals surface area contributed by atoms with Crippen molar-refractivity contribution in [3.63, 3.8) is 0 Å². The molecule has 1 unspecified atom stereocenters. The molecule has 1 atom stereocenters. The first kappa shape index (κ1) is 22.3. The molecule has 6 nitrogen and oxygen atoms in total. The lowest BCUT2D eigenvalue weighted by Crippen LogP contribution is -2.39. The zero-order valence-corrected chi connectivity index (χ0v) is 19.1. The normalized spacial score (nSPS) is 12.5. The number of nitrogens with one attached hydrogen (secondary N) is 1. The van der Waals surface area contributed by atoms with Crippen LogP contribution in [0.2, 0.25) is 0 Å². The number of ketones is 1. The second-order valence-electron chi connectivity index (χ2n) is 7.07. The van der Waals surface area contributed by atoms with Crippen LogP contribution in [0.3, 0.4) is 0 Å². The Morgan fingerprint density at radius 1 is 1.13 bits per heavy atom. The lowest BCUT2D eigenvalue weighted by atomic mass is 10.0. The molecule has 3 rings (SSSR count). The summed E-state index contributed by atoms with van der Waals surface area (Å²) in [5.41, 5.74) is 2.87. The van der Waals surface area contributed by atoms with Gasteiger partial charge in [-0.15, -0.1) is 0 Å². The molecule has 0 bridgehead atoms. The van der Waals surface area contributed by atoms with Gasteiger partial charge < -0.3 is 10.1 Å². The van der Waals surface area contributed by atoms with Crippen LogP contribution < -0.4 is 4.31 Å². The Balaban J connectivity index is 1.92. The van der Waals surface area contributed by atoms with Crippen LogP contribution in [-0.4, -0.2) is 36.1 Å². The maximum absolute atomic E-state index is 13.0. The molecule has 2 aromatic carbocycles. The predicted molar refractivity (Wildman–Crippen MR) is 121 cm³/mol. The monoisotopic (exact) mass is 490 g/mol. The average Bonchev–Trinajstić information content (AvgIpc) is 3.20. The molecule has 0 amide bonds. The van der Waals surface area contributed by atoms with E-state index >= 15 is 0 Å². The molecule has 0 saturated carbocycles. The third-order valence-corrected chi connectivity index (χ3v) is 7.47. The van der Waals surface area contributed by atoms with Crippen molar-refractivity contribution in [2.45, 2.75) is 25.6 Å². The van der Waals surface area contributed by atoms with E-state index in [9.17, 15) is 18.3 Å². The van der Waals surface area contributed by atoms with Crippen LogP contribution >= 0.6 is 15.9 Å². The first-order valence-corrected chi connectivity index (χ1v) is 11.7. The summed E-state index contributed by atoms with van der Waals surface area (Å²) in [5.74, 6) is -0.163. The second kappa shape index (κ2) is 9.16. The molecule has 0 saturated heterocycles. The van der Waals surface area contributed by atoms with Crippen LogP contribution in [0, 0.1) is 6.92 Å². The predicted octanol–water partition coefficient (Wildman–Crippen LogP) is 4.03. The van der Waals surface area contributed by atoms with Gasteiger partial charge in [0, 0.05) is 15.7 Å². The Morgan fingerprint density at radius 2 is 1.83 bits per heavy atom. The van der Waals surface area contributed by atoms with Gasteiger partial charge in [0.2, 0.25) is 15.8 Å². The first-order valence-electron chi connectivity index (χ1n) is 9.40. The number of aryl methyl sites for hydroxylation is 1. The standard InChI is InChI=1S/C22H23BrN2O4S/c1-15-12-17(23)8-10-20(15)22(27)21-11-9-18(24-21)13-25(19-6-4-3-5-7-19)30(28,29)16(2)14-26/h3-12,16,24,26H,13-14H2,1-2H3. The van der Waals surface area contributed by atoms with Gasteiger partial charge >= 0.3 is 0 Å². The number of hydrogen-bond donors (Lipinski definition) is 2. The van der Waals surface area contributed by atoms with E-state index in [0.29, 0.717) is 22.6 Å². The van der Waals surface area contributed by atoms with Crippen LogP contribution in [0.15, 0.2) is 65.1 Å². The van der Waals surface area contributed by atoms with Crippen molar-refractivity contribution in [1.82, 2.24) is 4.98 Å². The molecule has 30 heavy (non-hydrogen) atoms. The van der Waals surface area contributed by atoms with Crippen LogP contribution in [0.4, 0.5) is 5.69 Å². The van der Waals surface area contributed by atoms with Crippen molar-refractivity contribution in [2.75, 3.05) is 10.9 Å². The van der Waals surface area contributed by atoms with Crippen LogP contribution in [0.5, 0.6) is 0 Å². The SMILES string of the molecule is Cc1cc(Br)ccc1C(=O)c1ccc(CN(c2ccccc2)S(=O)(=O)C(C)CO)[nH]1. The summed E-state index contributed by atoms with van der Waals surface area (Å²) in [6.45, 7) is 2.86. The van der Waals surface area contributed by atoms with Gasteiger partial charge in [0.05, 0.1) is 24.5 Å². The highest BCUT2D eigenvalue weighted by Gasteiger charge is 2.29. The van der Waals surface area contributed by atoms with Crippen LogP contribution in [-0.2, 0) is 16.6 Å². The lowest BCUT2D eigenvalue weighted by molar-refractivity contribution is 0.103. The van der Waals surface area contributed by atoms with Gasteiger partial charge in [0.15, 0.2) is 0 Å². The summed E-state index contributed by atoms with van der Waals surface area (Å²) >= 11 is 3.39. The number of halogens is 1. The Hall–Kier alpha value is -2.42. The van der Waals surface area contributed by atoms with Crippen molar-refractivity contribution >= 4 is 37.4 Å². The summed E-state index contributed by atoms with van der Waals surface area (Å²) in [5, 5.41) is 8.46. The lowest BCUT2D eigenvalue weighted by Gasteiger charge is -2.26. The molecule has 0 radical (unpaired) electrons. The largest absolute Gasteiger partial charge is 0.395 e. The Labute approximate surface area is 184 Å². The smallest absolute Gasteiger partial charge is 0.240 e. The average molecular weight is 491 g/mol. The number of benzene rings is 2. The molecular formula is C22H23BrN2O4S. The van der Waals surface area contributed by atoms with Gasteiger partial charge in [-0.25, -0.2) is 8.42 Å². The number of carbonyl (C=O) groups is 1. The minimum absolute atomic E-state index is 0.0171.